The van der Waals surface area contributed by atoms with Gasteiger partial charge in [0, 0.05) is 12.8 Å². The molecule has 1 fully saturated rings. The number of carbonyl (C=O) groups excluding carboxylic acids is 2. The van der Waals surface area contributed by atoms with Crippen LogP contribution >= 0.6 is 0 Å². The lowest BCUT2D eigenvalue weighted by atomic mass is 10.2. The summed E-state index contributed by atoms with van der Waals surface area (Å²) < 4.78 is 0. The number of anilines is 1. The van der Waals surface area contributed by atoms with E-state index in [2.05, 4.69) is 5.32 Å². The standard InChI is InChI=1S/C12H12N2O4/c15-10-5-6-11(16)14(10)7-13-9-4-2-1-3-8(9)12(17)18/h1-4,13H,5-7H2,(H,17,18). The molecular formula is C12H12N2O4. The summed E-state index contributed by atoms with van der Waals surface area (Å²) in [6, 6.07) is 6.34. The Kier molecular flexibility index (Phi) is 3.27. The zero-order chi connectivity index (χ0) is 13.1. The molecule has 0 atom stereocenters. The predicted octanol–water partition coefficient (Wildman–Crippen LogP) is 0.903. The number of amides is 2. The average molecular weight is 248 g/mol. The van der Waals surface area contributed by atoms with E-state index in [9.17, 15) is 14.4 Å². The molecule has 0 aliphatic carbocycles. The Bertz CT molecular complexity index is 497. The molecule has 94 valence electrons. The van der Waals surface area contributed by atoms with Crippen molar-refractivity contribution in [3.8, 4) is 0 Å². The van der Waals surface area contributed by atoms with Crippen LogP contribution in [0.3, 0.4) is 0 Å². The number of nitrogens with zero attached hydrogens (tertiary/aromatic N) is 1. The summed E-state index contributed by atoms with van der Waals surface area (Å²) >= 11 is 0. The number of carbonyl (C=O) groups is 3. The van der Waals surface area contributed by atoms with Crippen molar-refractivity contribution in [2.45, 2.75) is 12.8 Å². The van der Waals surface area contributed by atoms with Gasteiger partial charge in [0.2, 0.25) is 11.8 Å². The van der Waals surface area contributed by atoms with Gasteiger partial charge in [-0.2, -0.15) is 0 Å². The first-order valence-electron chi connectivity index (χ1n) is 5.49. The zero-order valence-corrected chi connectivity index (χ0v) is 9.55. The first kappa shape index (κ1) is 12.1. The van der Waals surface area contributed by atoms with Crippen molar-refractivity contribution >= 4 is 23.5 Å². The Hall–Kier alpha value is -2.37. The second-order valence-electron chi connectivity index (χ2n) is 3.90. The minimum absolute atomic E-state index is 0.00194. The molecule has 6 nitrogen and oxygen atoms in total. The molecule has 2 amide bonds. The van der Waals surface area contributed by atoms with Crippen molar-refractivity contribution in [2.24, 2.45) is 0 Å². The number of carboxylic acid groups (broad SMARTS) is 1. The SMILES string of the molecule is O=C(O)c1ccccc1NCN1C(=O)CCC1=O. The minimum Gasteiger partial charge on any atom is -0.478 e. The Morgan fingerprint density at radius 1 is 1.22 bits per heavy atom. The van der Waals surface area contributed by atoms with E-state index in [4.69, 9.17) is 5.11 Å². The molecule has 1 aliphatic rings. The third-order valence-corrected chi connectivity index (χ3v) is 2.74. The number of rotatable bonds is 4. The van der Waals surface area contributed by atoms with Crippen LogP contribution < -0.4 is 5.32 Å². The monoisotopic (exact) mass is 248 g/mol. The van der Waals surface area contributed by atoms with Crippen molar-refractivity contribution < 1.29 is 19.5 Å². The summed E-state index contributed by atoms with van der Waals surface area (Å²) in [6.45, 7) is 0.00194. The van der Waals surface area contributed by atoms with Gasteiger partial charge in [-0.05, 0) is 12.1 Å². The van der Waals surface area contributed by atoms with Crippen LogP contribution in [0.2, 0.25) is 0 Å². The van der Waals surface area contributed by atoms with Gasteiger partial charge in [0.25, 0.3) is 0 Å². The Balaban J connectivity index is 2.09. The van der Waals surface area contributed by atoms with Gasteiger partial charge >= 0.3 is 5.97 Å². The Morgan fingerprint density at radius 2 is 1.83 bits per heavy atom. The van der Waals surface area contributed by atoms with Crippen molar-refractivity contribution in [3.63, 3.8) is 0 Å². The lowest BCUT2D eigenvalue weighted by Crippen LogP contribution is -2.34. The highest BCUT2D eigenvalue weighted by Crippen LogP contribution is 2.16. The molecule has 0 unspecified atom stereocenters. The van der Waals surface area contributed by atoms with Gasteiger partial charge in [-0.15, -0.1) is 0 Å². The molecule has 18 heavy (non-hydrogen) atoms. The highest BCUT2D eigenvalue weighted by molar-refractivity contribution is 6.02. The van der Waals surface area contributed by atoms with Gasteiger partial charge in [0.15, 0.2) is 0 Å². The van der Waals surface area contributed by atoms with Crippen molar-refractivity contribution in [3.05, 3.63) is 29.8 Å². The summed E-state index contributed by atoms with van der Waals surface area (Å²) in [5.74, 6) is -1.53. The molecule has 0 spiro atoms. The fourth-order valence-corrected chi connectivity index (χ4v) is 1.79. The topological polar surface area (TPSA) is 86.7 Å². The van der Waals surface area contributed by atoms with E-state index in [0.717, 1.165) is 4.90 Å². The van der Waals surface area contributed by atoms with E-state index in [-0.39, 0.29) is 36.9 Å². The second-order valence-corrected chi connectivity index (χ2v) is 3.90. The van der Waals surface area contributed by atoms with E-state index >= 15 is 0 Å². The fraction of sp³-hybridized carbons (Fsp3) is 0.250. The second kappa shape index (κ2) is 4.87. The number of benzene rings is 1. The number of likely N-dealkylation sites (tertiary alicyclic amines) is 1. The lowest BCUT2D eigenvalue weighted by Gasteiger charge is -2.16. The number of hydrogen-bond donors (Lipinski definition) is 2. The maximum atomic E-state index is 11.4. The molecule has 2 N–H and O–H groups in total. The van der Waals surface area contributed by atoms with Crippen LogP contribution in [0.25, 0.3) is 0 Å². The average Bonchev–Trinajstić information content (AvgIpc) is 2.67. The molecule has 1 heterocycles. The van der Waals surface area contributed by atoms with Crippen molar-refractivity contribution in [1.29, 1.82) is 0 Å². The van der Waals surface area contributed by atoms with Crippen LogP contribution in [0.1, 0.15) is 23.2 Å². The molecule has 1 aromatic rings. The molecule has 0 saturated carbocycles. The number of imide groups is 1. The van der Waals surface area contributed by atoms with Crippen molar-refractivity contribution in [2.75, 3.05) is 12.0 Å². The number of para-hydroxylation sites is 1. The van der Waals surface area contributed by atoms with E-state index in [1.165, 1.54) is 6.07 Å². The summed E-state index contributed by atoms with van der Waals surface area (Å²) in [7, 11) is 0. The van der Waals surface area contributed by atoms with E-state index < -0.39 is 5.97 Å². The maximum absolute atomic E-state index is 11.4. The normalized spacial score (nSPS) is 15.0. The molecular weight excluding hydrogens is 236 g/mol. The van der Waals surface area contributed by atoms with Gasteiger partial charge in [-0.25, -0.2) is 4.79 Å². The fourth-order valence-electron chi connectivity index (χ4n) is 1.79. The van der Waals surface area contributed by atoms with Gasteiger partial charge < -0.3 is 10.4 Å². The molecule has 0 radical (unpaired) electrons. The number of nitrogens with one attached hydrogen (secondary N) is 1. The number of carboxylic acids is 1. The lowest BCUT2D eigenvalue weighted by molar-refractivity contribution is -0.137. The van der Waals surface area contributed by atoms with Gasteiger partial charge in [0.1, 0.15) is 0 Å². The summed E-state index contributed by atoms with van der Waals surface area (Å²) in [4.78, 5) is 34.8. The van der Waals surface area contributed by atoms with Crippen LogP contribution in [0, 0.1) is 0 Å². The maximum Gasteiger partial charge on any atom is 0.337 e. The first-order valence-corrected chi connectivity index (χ1v) is 5.49. The molecule has 0 aromatic heterocycles. The third-order valence-electron chi connectivity index (χ3n) is 2.74. The summed E-state index contributed by atoms with van der Waals surface area (Å²) in [5, 5.41) is 11.8. The molecule has 1 saturated heterocycles. The van der Waals surface area contributed by atoms with E-state index in [0.29, 0.717) is 5.69 Å². The van der Waals surface area contributed by atoms with Crippen LogP contribution in [0.15, 0.2) is 24.3 Å². The van der Waals surface area contributed by atoms with Crippen LogP contribution in [-0.4, -0.2) is 34.5 Å². The van der Waals surface area contributed by atoms with Crippen LogP contribution in [0.4, 0.5) is 5.69 Å². The highest BCUT2D eigenvalue weighted by Gasteiger charge is 2.28. The Labute approximate surface area is 103 Å². The quantitative estimate of drug-likeness (QED) is 0.773. The highest BCUT2D eigenvalue weighted by atomic mass is 16.4. The zero-order valence-electron chi connectivity index (χ0n) is 9.55. The number of hydrogen-bond acceptors (Lipinski definition) is 4. The molecule has 1 aliphatic heterocycles. The van der Waals surface area contributed by atoms with Crippen LogP contribution in [0.5, 0.6) is 0 Å². The smallest absolute Gasteiger partial charge is 0.337 e. The largest absolute Gasteiger partial charge is 0.478 e. The van der Waals surface area contributed by atoms with Crippen molar-refractivity contribution in [1.82, 2.24) is 4.90 Å². The molecule has 2 rings (SSSR count). The van der Waals surface area contributed by atoms with Gasteiger partial charge in [0.05, 0.1) is 17.9 Å². The first-order chi connectivity index (χ1) is 8.59. The number of aromatic carboxylic acids is 1. The molecule has 6 heteroatoms. The predicted molar refractivity (Wildman–Crippen MR) is 63.0 cm³/mol. The summed E-state index contributed by atoms with van der Waals surface area (Å²) in [5.41, 5.74) is 0.495. The summed E-state index contributed by atoms with van der Waals surface area (Å²) in [6.07, 6.45) is 0.447. The van der Waals surface area contributed by atoms with E-state index in [1.807, 2.05) is 0 Å². The van der Waals surface area contributed by atoms with E-state index in [1.54, 1.807) is 18.2 Å². The van der Waals surface area contributed by atoms with Gasteiger partial charge in [-0.3, -0.25) is 14.5 Å². The molecule has 0 bridgehead atoms. The van der Waals surface area contributed by atoms with Gasteiger partial charge in [-0.1, -0.05) is 12.1 Å². The van der Waals surface area contributed by atoms with Crippen LogP contribution in [-0.2, 0) is 9.59 Å². The third kappa shape index (κ3) is 2.32. The Morgan fingerprint density at radius 3 is 2.44 bits per heavy atom. The minimum atomic E-state index is -1.06. The molecule has 1 aromatic carbocycles.